The predicted octanol–water partition coefficient (Wildman–Crippen LogP) is 2.07. The summed E-state index contributed by atoms with van der Waals surface area (Å²) in [6.07, 6.45) is 6.33. The van der Waals surface area contributed by atoms with Gasteiger partial charge >= 0.3 is 0 Å². The first kappa shape index (κ1) is 11.0. The molecule has 0 aromatic carbocycles. The molecule has 1 fully saturated rings. The highest BCUT2D eigenvalue weighted by molar-refractivity contribution is 4.87. The standard InChI is InChI=1S/C11H23NO/c1-3-7-11(13)8-5-10(6-9-11)12-4-2/h10,12-13H,3-9H2,1-2H3. The average molecular weight is 185 g/mol. The van der Waals surface area contributed by atoms with E-state index >= 15 is 0 Å². The summed E-state index contributed by atoms with van der Waals surface area (Å²) in [4.78, 5) is 0. The molecule has 0 spiro atoms. The van der Waals surface area contributed by atoms with E-state index in [1.54, 1.807) is 0 Å². The quantitative estimate of drug-likeness (QED) is 0.702. The molecule has 0 bridgehead atoms. The molecule has 0 aromatic heterocycles. The van der Waals surface area contributed by atoms with Crippen molar-refractivity contribution in [3.05, 3.63) is 0 Å². The van der Waals surface area contributed by atoms with Crippen LogP contribution in [0.25, 0.3) is 0 Å². The predicted molar refractivity (Wildman–Crippen MR) is 55.8 cm³/mol. The molecule has 0 aromatic rings. The van der Waals surface area contributed by atoms with Crippen LogP contribution in [0.5, 0.6) is 0 Å². The van der Waals surface area contributed by atoms with Crippen LogP contribution in [-0.2, 0) is 0 Å². The highest BCUT2D eigenvalue weighted by Gasteiger charge is 2.31. The summed E-state index contributed by atoms with van der Waals surface area (Å²) < 4.78 is 0. The molecule has 0 atom stereocenters. The fourth-order valence-electron chi connectivity index (χ4n) is 2.36. The maximum atomic E-state index is 10.1. The number of nitrogens with one attached hydrogen (secondary N) is 1. The van der Waals surface area contributed by atoms with Gasteiger partial charge in [0.25, 0.3) is 0 Å². The molecule has 0 amide bonds. The molecule has 2 heteroatoms. The molecule has 0 saturated heterocycles. The van der Waals surface area contributed by atoms with Crippen LogP contribution in [0.4, 0.5) is 0 Å². The molecule has 1 saturated carbocycles. The summed E-state index contributed by atoms with van der Waals surface area (Å²) in [5, 5.41) is 13.6. The first-order valence-electron chi connectivity index (χ1n) is 5.66. The van der Waals surface area contributed by atoms with Gasteiger partial charge in [-0.05, 0) is 38.6 Å². The van der Waals surface area contributed by atoms with E-state index in [0.717, 1.165) is 45.1 Å². The second kappa shape index (κ2) is 4.97. The molecule has 0 heterocycles. The largest absolute Gasteiger partial charge is 0.390 e. The van der Waals surface area contributed by atoms with Crippen LogP contribution >= 0.6 is 0 Å². The fourth-order valence-corrected chi connectivity index (χ4v) is 2.36. The molecule has 0 radical (unpaired) electrons. The first-order chi connectivity index (χ1) is 6.20. The number of hydrogen-bond acceptors (Lipinski definition) is 2. The van der Waals surface area contributed by atoms with E-state index in [1.807, 2.05) is 0 Å². The smallest absolute Gasteiger partial charge is 0.0648 e. The van der Waals surface area contributed by atoms with Gasteiger partial charge in [0.05, 0.1) is 5.60 Å². The Hall–Kier alpha value is -0.0800. The molecule has 78 valence electrons. The van der Waals surface area contributed by atoms with Gasteiger partial charge < -0.3 is 10.4 Å². The van der Waals surface area contributed by atoms with Crippen molar-refractivity contribution in [2.45, 2.75) is 64.0 Å². The molecular weight excluding hydrogens is 162 g/mol. The summed E-state index contributed by atoms with van der Waals surface area (Å²) in [6, 6.07) is 0.655. The van der Waals surface area contributed by atoms with Gasteiger partial charge in [-0.1, -0.05) is 20.3 Å². The van der Waals surface area contributed by atoms with Crippen molar-refractivity contribution in [3.63, 3.8) is 0 Å². The van der Waals surface area contributed by atoms with E-state index in [2.05, 4.69) is 19.2 Å². The van der Waals surface area contributed by atoms with Crippen molar-refractivity contribution >= 4 is 0 Å². The lowest BCUT2D eigenvalue weighted by atomic mass is 9.79. The summed E-state index contributed by atoms with van der Waals surface area (Å²) in [7, 11) is 0. The summed E-state index contributed by atoms with van der Waals surface area (Å²) >= 11 is 0. The molecule has 2 N–H and O–H groups in total. The minimum absolute atomic E-state index is 0.333. The van der Waals surface area contributed by atoms with E-state index in [9.17, 15) is 5.11 Å². The summed E-state index contributed by atoms with van der Waals surface area (Å²) in [5.74, 6) is 0. The third-order valence-electron chi connectivity index (χ3n) is 3.12. The lowest BCUT2D eigenvalue weighted by molar-refractivity contribution is -0.0113. The zero-order valence-electron chi connectivity index (χ0n) is 8.97. The lowest BCUT2D eigenvalue weighted by Crippen LogP contribution is -2.41. The van der Waals surface area contributed by atoms with Gasteiger partial charge in [-0.3, -0.25) is 0 Å². The molecular formula is C11H23NO. The van der Waals surface area contributed by atoms with Gasteiger partial charge in [0.2, 0.25) is 0 Å². The highest BCUT2D eigenvalue weighted by atomic mass is 16.3. The van der Waals surface area contributed by atoms with Gasteiger partial charge in [-0.15, -0.1) is 0 Å². The number of aliphatic hydroxyl groups is 1. The molecule has 0 unspecified atom stereocenters. The van der Waals surface area contributed by atoms with Gasteiger partial charge in [0, 0.05) is 6.04 Å². The Morgan fingerprint density at radius 2 is 1.92 bits per heavy atom. The Balaban J connectivity index is 2.28. The van der Waals surface area contributed by atoms with Gasteiger partial charge in [-0.25, -0.2) is 0 Å². The Bertz CT molecular complexity index is 139. The topological polar surface area (TPSA) is 32.3 Å². The van der Waals surface area contributed by atoms with Crippen LogP contribution in [0, 0.1) is 0 Å². The third kappa shape index (κ3) is 3.28. The van der Waals surface area contributed by atoms with Gasteiger partial charge in [0.15, 0.2) is 0 Å². The zero-order valence-corrected chi connectivity index (χ0v) is 8.97. The van der Waals surface area contributed by atoms with Crippen molar-refractivity contribution in [3.8, 4) is 0 Å². The van der Waals surface area contributed by atoms with Gasteiger partial charge in [0.1, 0.15) is 0 Å². The second-order valence-corrected chi connectivity index (χ2v) is 4.31. The highest BCUT2D eigenvalue weighted by Crippen LogP contribution is 2.31. The lowest BCUT2D eigenvalue weighted by Gasteiger charge is -2.36. The summed E-state index contributed by atoms with van der Waals surface area (Å²) in [5.41, 5.74) is -0.333. The van der Waals surface area contributed by atoms with Crippen LogP contribution in [0.1, 0.15) is 52.4 Å². The monoisotopic (exact) mass is 185 g/mol. The van der Waals surface area contributed by atoms with Crippen LogP contribution in [0.15, 0.2) is 0 Å². The number of hydrogen-bond donors (Lipinski definition) is 2. The Kier molecular flexibility index (Phi) is 4.20. The maximum absolute atomic E-state index is 10.1. The van der Waals surface area contributed by atoms with Crippen molar-refractivity contribution in [2.75, 3.05) is 6.54 Å². The normalized spacial score (nSPS) is 34.8. The second-order valence-electron chi connectivity index (χ2n) is 4.31. The van der Waals surface area contributed by atoms with Gasteiger partial charge in [-0.2, -0.15) is 0 Å². The molecule has 2 nitrogen and oxygen atoms in total. The van der Waals surface area contributed by atoms with Crippen LogP contribution in [0.2, 0.25) is 0 Å². The number of rotatable bonds is 4. The Morgan fingerprint density at radius 3 is 2.38 bits per heavy atom. The Labute approximate surface area is 81.7 Å². The van der Waals surface area contributed by atoms with Crippen LogP contribution in [0.3, 0.4) is 0 Å². The molecule has 1 aliphatic rings. The third-order valence-corrected chi connectivity index (χ3v) is 3.12. The van der Waals surface area contributed by atoms with E-state index in [1.165, 1.54) is 0 Å². The average Bonchev–Trinajstić information content (AvgIpc) is 2.10. The first-order valence-corrected chi connectivity index (χ1v) is 5.66. The molecule has 13 heavy (non-hydrogen) atoms. The maximum Gasteiger partial charge on any atom is 0.0648 e. The fraction of sp³-hybridized carbons (Fsp3) is 1.00. The zero-order chi connectivity index (χ0) is 9.73. The summed E-state index contributed by atoms with van der Waals surface area (Å²) in [6.45, 7) is 5.35. The molecule has 1 aliphatic carbocycles. The molecule has 0 aliphatic heterocycles. The van der Waals surface area contributed by atoms with Crippen molar-refractivity contribution in [1.29, 1.82) is 0 Å². The molecule has 1 rings (SSSR count). The van der Waals surface area contributed by atoms with E-state index in [0.29, 0.717) is 6.04 Å². The van der Waals surface area contributed by atoms with Crippen molar-refractivity contribution in [1.82, 2.24) is 5.32 Å². The Morgan fingerprint density at radius 1 is 1.31 bits per heavy atom. The SMILES string of the molecule is CCCC1(O)CCC(NCC)CC1. The minimum Gasteiger partial charge on any atom is -0.390 e. The van der Waals surface area contributed by atoms with E-state index in [4.69, 9.17) is 0 Å². The van der Waals surface area contributed by atoms with E-state index < -0.39 is 0 Å². The van der Waals surface area contributed by atoms with Crippen molar-refractivity contribution in [2.24, 2.45) is 0 Å². The van der Waals surface area contributed by atoms with Crippen molar-refractivity contribution < 1.29 is 5.11 Å². The van der Waals surface area contributed by atoms with Crippen LogP contribution < -0.4 is 5.32 Å². The van der Waals surface area contributed by atoms with Crippen LogP contribution in [-0.4, -0.2) is 23.3 Å². The van der Waals surface area contributed by atoms with E-state index in [-0.39, 0.29) is 5.60 Å². The minimum atomic E-state index is -0.333.